The number of nitrogens with zero attached hydrogens (tertiary/aromatic N) is 2. The van der Waals surface area contributed by atoms with E-state index in [1.54, 1.807) is 7.11 Å². The number of nitrogens with one attached hydrogen (secondary N) is 1. The number of hydrogen-bond acceptors (Lipinski definition) is 4. The van der Waals surface area contributed by atoms with Crippen LogP contribution in [0.5, 0.6) is 0 Å². The van der Waals surface area contributed by atoms with Crippen molar-refractivity contribution in [2.24, 2.45) is 0 Å². The SMILES string of the molecule is COCCOCCC(=O)N[C@@H](C)c1ccc(-n2nc(C)cc2C)cc1. The van der Waals surface area contributed by atoms with E-state index < -0.39 is 0 Å². The smallest absolute Gasteiger partial charge is 0.222 e. The van der Waals surface area contributed by atoms with E-state index >= 15 is 0 Å². The predicted octanol–water partition coefficient (Wildman–Crippen LogP) is 2.72. The number of hydrogen-bond donors (Lipinski definition) is 1. The lowest BCUT2D eigenvalue weighted by Crippen LogP contribution is -2.27. The van der Waals surface area contributed by atoms with E-state index in [0.29, 0.717) is 26.2 Å². The van der Waals surface area contributed by atoms with Crippen molar-refractivity contribution in [2.75, 3.05) is 26.9 Å². The van der Waals surface area contributed by atoms with Gasteiger partial charge < -0.3 is 14.8 Å². The normalized spacial score (nSPS) is 12.2. The molecule has 6 heteroatoms. The Bertz CT molecular complexity index is 680. The van der Waals surface area contributed by atoms with E-state index in [4.69, 9.17) is 9.47 Å². The molecule has 1 atom stereocenters. The third-order valence-electron chi connectivity index (χ3n) is 3.93. The summed E-state index contributed by atoms with van der Waals surface area (Å²) in [5.74, 6) is -0.0208. The minimum Gasteiger partial charge on any atom is -0.382 e. The molecule has 0 bridgehead atoms. The molecule has 0 spiro atoms. The molecule has 25 heavy (non-hydrogen) atoms. The molecule has 1 amide bonds. The van der Waals surface area contributed by atoms with E-state index in [-0.39, 0.29) is 11.9 Å². The molecule has 1 heterocycles. The summed E-state index contributed by atoms with van der Waals surface area (Å²) in [6.07, 6.45) is 0.345. The summed E-state index contributed by atoms with van der Waals surface area (Å²) in [6.45, 7) is 7.44. The number of benzene rings is 1. The first kappa shape index (κ1) is 19.1. The molecule has 0 aliphatic heterocycles. The minimum atomic E-state index is -0.0546. The summed E-state index contributed by atoms with van der Waals surface area (Å²) in [4.78, 5) is 12.0. The van der Waals surface area contributed by atoms with Gasteiger partial charge in [0, 0.05) is 19.2 Å². The first-order chi connectivity index (χ1) is 12.0. The highest BCUT2D eigenvalue weighted by atomic mass is 16.5. The number of rotatable bonds is 9. The zero-order valence-electron chi connectivity index (χ0n) is 15.4. The zero-order chi connectivity index (χ0) is 18.2. The average molecular weight is 345 g/mol. The second-order valence-corrected chi connectivity index (χ2v) is 6.07. The standard InChI is InChI=1S/C19H27N3O3/c1-14-13-15(2)22(21-14)18-7-5-17(6-8-18)16(3)20-19(23)9-10-25-12-11-24-4/h5-8,13,16H,9-12H2,1-4H3,(H,20,23)/t16-/m0/s1. The largest absolute Gasteiger partial charge is 0.382 e. The maximum Gasteiger partial charge on any atom is 0.222 e. The van der Waals surface area contributed by atoms with Crippen LogP contribution in [0.3, 0.4) is 0 Å². The molecule has 2 rings (SSSR count). The third kappa shape index (κ3) is 5.69. The fraction of sp³-hybridized carbons (Fsp3) is 0.474. The molecule has 136 valence electrons. The summed E-state index contributed by atoms with van der Waals surface area (Å²) in [5.41, 5.74) is 4.16. The Kier molecular flexibility index (Phi) is 7.16. The van der Waals surface area contributed by atoms with Gasteiger partial charge in [-0.25, -0.2) is 4.68 Å². The monoisotopic (exact) mass is 345 g/mol. The Labute approximate surface area is 149 Å². The summed E-state index contributed by atoms with van der Waals surface area (Å²) < 4.78 is 12.1. The Morgan fingerprint density at radius 1 is 1.20 bits per heavy atom. The second kappa shape index (κ2) is 9.34. The number of ether oxygens (including phenoxy) is 2. The fourth-order valence-corrected chi connectivity index (χ4v) is 2.60. The molecule has 1 N–H and O–H groups in total. The number of aromatic nitrogens is 2. The Balaban J connectivity index is 1.86. The van der Waals surface area contributed by atoms with Crippen LogP contribution >= 0.6 is 0 Å². The van der Waals surface area contributed by atoms with E-state index in [1.807, 2.05) is 55.8 Å². The van der Waals surface area contributed by atoms with E-state index in [1.165, 1.54) is 0 Å². The summed E-state index contributed by atoms with van der Waals surface area (Å²) in [6, 6.07) is 10.1. The topological polar surface area (TPSA) is 65.4 Å². The van der Waals surface area contributed by atoms with Crippen LogP contribution in [0, 0.1) is 13.8 Å². The van der Waals surface area contributed by atoms with Gasteiger partial charge in [0.1, 0.15) is 0 Å². The van der Waals surface area contributed by atoms with Crippen molar-refractivity contribution in [1.82, 2.24) is 15.1 Å². The van der Waals surface area contributed by atoms with Crippen molar-refractivity contribution in [1.29, 1.82) is 0 Å². The Hall–Kier alpha value is -2.18. The maximum absolute atomic E-state index is 12.0. The number of carbonyl (C=O) groups excluding carboxylic acids is 1. The van der Waals surface area contributed by atoms with Gasteiger partial charge in [-0.3, -0.25) is 4.79 Å². The van der Waals surface area contributed by atoms with Crippen molar-refractivity contribution >= 4 is 5.91 Å². The molecule has 1 aromatic heterocycles. The third-order valence-corrected chi connectivity index (χ3v) is 3.93. The summed E-state index contributed by atoms with van der Waals surface area (Å²) >= 11 is 0. The molecular weight excluding hydrogens is 318 g/mol. The van der Waals surface area contributed by atoms with Crippen LogP contribution in [0.4, 0.5) is 0 Å². The number of aryl methyl sites for hydroxylation is 2. The number of carbonyl (C=O) groups is 1. The van der Waals surface area contributed by atoms with Gasteiger partial charge in [0.15, 0.2) is 0 Å². The van der Waals surface area contributed by atoms with Gasteiger partial charge in [0.05, 0.1) is 37.2 Å². The van der Waals surface area contributed by atoms with Gasteiger partial charge in [0.2, 0.25) is 5.91 Å². The Morgan fingerprint density at radius 2 is 1.92 bits per heavy atom. The maximum atomic E-state index is 12.0. The average Bonchev–Trinajstić information content (AvgIpc) is 2.93. The fourth-order valence-electron chi connectivity index (χ4n) is 2.60. The van der Waals surface area contributed by atoms with Crippen LogP contribution in [0.25, 0.3) is 5.69 Å². The van der Waals surface area contributed by atoms with Crippen LogP contribution in [0.1, 0.15) is 36.3 Å². The Morgan fingerprint density at radius 3 is 2.52 bits per heavy atom. The number of amides is 1. The van der Waals surface area contributed by atoms with Crippen molar-refractivity contribution in [2.45, 2.75) is 33.2 Å². The molecule has 2 aromatic rings. The van der Waals surface area contributed by atoms with E-state index in [0.717, 1.165) is 22.6 Å². The van der Waals surface area contributed by atoms with Crippen LogP contribution in [-0.2, 0) is 14.3 Å². The molecule has 0 aliphatic rings. The highest BCUT2D eigenvalue weighted by molar-refractivity contribution is 5.76. The minimum absolute atomic E-state index is 0.0208. The van der Waals surface area contributed by atoms with E-state index in [2.05, 4.69) is 10.4 Å². The molecule has 0 radical (unpaired) electrons. The van der Waals surface area contributed by atoms with Gasteiger partial charge in [-0.05, 0) is 44.5 Å². The molecule has 0 fully saturated rings. The summed E-state index contributed by atoms with van der Waals surface area (Å²) in [7, 11) is 1.62. The van der Waals surface area contributed by atoms with Gasteiger partial charge >= 0.3 is 0 Å². The van der Waals surface area contributed by atoms with Crippen molar-refractivity contribution in [3.63, 3.8) is 0 Å². The predicted molar refractivity (Wildman–Crippen MR) is 96.9 cm³/mol. The lowest BCUT2D eigenvalue weighted by atomic mass is 10.1. The van der Waals surface area contributed by atoms with Crippen molar-refractivity contribution in [3.05, 3.63) is 47.3 Å². The zero-order valence-corrected chi connectivity index (χ0v) is 15.4. The highest BCUT2D eigenvalue weighted by Crippen LogP contribution is 2.17. The van der Waals surface area contributed by atoms with Crippen LogP contribution in [0.15, 0.2) is 30.3 Å². The first-order valence-corrected chi connectivity index (χ1v) is 8.51. The molecule has 0 unspecified atom stereocenters. The van der Waals surface area contributed by atoms with E-state index in [9.17, 15) is 4.79 Å². The molecule has 0 aliphatic carbocycles. The molecule has 0 saturated heterocycles. The van der Waals surface area contributed by atoms with Gasteiger partial charge in [-0.2, -0.15) is 5.10 Å². The van der Waals surface area contributed by atoms with Gasteiger partial charge in [-0.15, -0.1) is 0 Å². The van der Waals surface area contributed by atoms with Crippen LogP contribution in [0.2, 0.25) is 0 Å². The molecular formula is C19H27N3O3. The van der Waals surface area contributed by atoms with Gasteiger partial charge in [0.25, 0.3) is 0 Å². The van der Waals surface area contributed by atoms with Crippen molar-refractivity contribution < 1.29 is 14.3 Å². The summed E-state index contributed by atoms with van der Waals surface area (Å²) in [5, 5.41) is 7.47. The van der Waals surface area contributed by atoms with Crippen molar-refractivity contribution in [3.8, 4) is 5.69 Å². The number of methoxy groups -OCH3 is 1. The lowest BCUT2D eigenvalue weighted by molar-refractivity contribution is -0.122. The van der Waals surface area contributed by atoms with Gasteiger partial charge in [-0.1, -0.05) is 12.1 Å². The molecule has 0 saturated carbocycles. The highest BCUT2D eigenvalue weighted by Gasteiger charge is 2.10. The quantitative estimate of drug-likeness (QED) is 0.710. The second-order valence-electron chi connectivity index (χ2n) is 6.07. The lowest BCUT2D eigenvalue weighted by Gasteiger charge is -2.15. The molecule has 6 nitrogen and oxygen atoms in total. The van der Waals surface area contributed by atoms with Crippen LogP contribution in [-0.4, -0.2) is 42.6 Å². The first-order valence-electron chi connectivity index (χ1n) is 8.51. The molecule has 1 aromatic carbocycles. The van der Waals surface area contributed by atoms with Crippen LogP contribution < -0.4 is 5.32 Å².